The van der Waals surface area contributed by atoms with Gasteiger partial charge in [-0.2, -0.15) is 5.10 Å². The zero-order chi connectivity index (χ0) is 17.7. The molecule has 1 heterocycles. The molecule has 0 saturated carbocycles. The van der Waals surface area contributed by atoms with Crippen LogP contribution in [-0.2, 0) is 13.0 Å². The van der Waals surface area contributed by atoms with E-state index in [-0.39, 0.29) is 6.10 Å². The van der Waals surface area contributed by atoms with Gasteiger partial charge in [-0.05, 0) is 44.6 Å². The van der Waals surface area contributed by atoms with Crippen LogP contribution in [0.3, 0.4) is 0 Å². The minimum atomic E-state index is 0.0405. The van der Waals surface area contributed by atoms with Crippen molar-refractivity contribution in [1.29, 1.82) is 0 Å². The van der Waals surface area contributed by atoms with Crippen molar-refractivity contribution in [3.05, 3.63) is 32.8 Å². The third kappa shape index (κ3) is 4.30. The quantitative estimate of drug-likeness (QED) is 0.633. The maximum atomic E-state index is 5.97. The number of hydrogen-bond donors (Lipinski definition) is 2. The summed E-state index contributed by atoms with van der Waals surface area (Å²) in [6.07, 6.45) is 1.87. The zero-order valence-electron chi connectivity index (χ0n) is 14.4. The highest BCUT2D eigenvalue weighted by Gasteiger charge is 2.16. The van der Waals surface area contributed by atoms with E-state index in [2.05, 4.69) is 38.5 Å². The summed E-state index contributed by atoms with van der Waals surface area (Å²) in [4.78, 5) is 0. The number of hydrogen-bond acceptors (Lipinski definition) is 5. The van der Waals surface area contributed by atoms with Gasteiger partial charge in [0.2, 0.25) is 4.77 Å². The smallest absolute Gasteiger partial charge is 0.214 e. The van der Waals surface area contributed by atoms with Gasteiger partial charge in [-0.25, -0.2) is 4.68 Å². The van der Waals surface area contributed by atoms with Crippen molar-refractivity contribution in [2.75, 3.05) is 12.5 Å². The minimum Gasteiger partial charge on any atom is -0.493 e. The molecule has 0 fully saturated rings. The molecule has 2 rings (SSSR count). The molecule has 0 aliphatic heterocycles. The molecule has 0 aliphatic carbocycles. The van der Waals surface area contributed by atoms with Gasteiger partial charge in [0.25, 0.3) is 0 Å². The third-order valence-corrected chi connectivity index (χ3v) is 4.39. The van der Waals surface area contributed by atoms with E-state index in [0.29, 0.717) is 17.1 Å². The number of nitrogens with one attached hydrogen (secondary N) is 2. The second-order valence-corrected chi connectivity index (χ2v) is 6.83. The zero-order valence-corrected chi connectivity index (χ0v) is 16.8. The van der Waals surface area contributed by atoms with E-state index in [0.717, 1.165) is 34.5 Å². The Morgan fingerprint density at radius 1 is 1.42 bits per heavy atom. The summed E-state index contributed by atoms with van der Waals surface area (Å²) >= 11 is 8.90. The van der Waals surface area contributed by atoms with Crippen LogP contribution in [-0.4, -0.2) is 28.1 Å². The third-order valence-electron chi connectivity index (χ3n) is 3.37. The van der Waals surface area contributed by atoms with Crippen LogP contribution in [0.25, 0.3) is 0 Å². The molecule has 1 aromatic carbocycles. The molecule has 8 heteroatoms. The van der Waals surface area contributed by atoms with Crippen molar-refractivity contribution >= 4 is 28.1 Å². The topological polar surface area (TPSA) is 64.1 Å². The van der Waals surface area contributed by atoms with Crippen molar-refractivity contribution in [3.8, 4) is 11.5 Å². The van der Waals surface area contributed by atoms with Crippen molar-refractivity contribution < 1.29 is 9.47 Å². The van der Waals surface area contributed by atoms with Gasteiger partial charge >= 0.3 is 0 Å². The molecule has 2 aromatic rings. The van der Waals surface area contributed by atoms with Gasteiger partial charge in [0.15, 0.2) is 17.3 Å². The number of aryl methyl sites for hydroxylation is 1. The van der Waals surface area contributed by atoms with E-state index in [1.54, 1.807) is 7.11 Å². The van der Waals surface area contributed by atoms with E-state index < -0.39 is 0 Å². The molecule has 6 nitrogen and oxygen atoms in total. The Morgan fingerprint density at radius 2 is 2.17 bits per heavy atom. The molecule has 0 unspecified atom stereocenters. The van der Waals surface area contributed by atoms with E-state index in [1.807, 2.05) is 30.7 Å². The molecule has 132 valence electrons. The average molecular weight is 415 g/mol. The Labute approximate surface area is 155 Å². The van der Waals surface area contributed by atoms with E-state index >= 15 is 0 Å². The summed E-state index contributed by atoms with van der Waals surface area (Å²) in [5.41, 5.74) is 4.29. The Balaban J connectivity index is 2.32. The van der Waals surface area contributed by atoms with Crippen LogP contribution >= 0.6 is 28.1 Å². The first-order chi connectivity index (χ1) is 11.5. The van der Waals surface area contributed by atoms with Crippen LogP contribution in [0.15, 0.2) is 16.6 Å². The molecule has 0 saturated heterocycles. The van der Waals surface area contributed by atoms with Gasteiger partial charge in [-0.15, -0.1) is 0 Å². The highest BCUT2D eigenvalue weighted by atomic mass is 79.9. The summed E-state index contributed by atoms with van der Waals surface area (Å²) < 4.78 is 14.7. The second kappa shape index (κ2) is 8.53. The highest BCUT2D eigenvalue weighted by molar-refractivity contribution is 9.10. The number of benzene rings is 1. The number of aromatic nitrogens is 3. The first-order valence-electron chi connectivity index (χ1n) is 7.90. The molecule has 2 N–H and O–H groups in total. The van der Waals surface area contributed by atoms with Crippen molar-refractivity contribution in [2.45, 2.75) is 46.3 Å². The van der Waals surface area contributed by atoms with E-state index in [1.165, 1.54) is 0 Å². The Kier molecular flexibility index (Phi) is 6.68. The predicted molar refractivity (Wildman–Crippen MR) is 101 cm³/mol. The molecule has 1 aromatic heterocycles. The fourth-order valence-corrected chi connectivity index (χ4v) is 2.98. The molecular formula is C16H23BrN4O2S. The maximum absolute atomic E-state index is 5.97. The summed E-state index contributed by atoms with van der Waals surface area (Å²) in [6.45, 7) is 6.60. The number of rotatable bonds is 8. The Morgan fingerprint density at radius 3 is 2.79 bits per heavy atom. The molecule has 24 heavy (non-hydrogen) atoms. The molecule has 0 aliphatic rings. The normalized spacial score (nSPS) is 10.9. The van der Waals surface area contributed by atoms with E-state index in [9.17, 15) is 0 Å². The van der Waals surface area contributed by atoms with Crippen LogP contribution in [0.4, 0.5) is 0 Å². The van der Waals surface area contributed by atoms with Crippen LogP contribution < -0.4 is 14.9 Å². The predicted octanol–water partition coefficient (Wildman–Crippen LogP) is 4.20. The van der Waals surface area contributed by atoms with Crippen LogP contribution in [0.5, 0.6) is 11.5 Å². The number of methoxy groups -OCH3 is 1. The lowest BCUT2D eigenvalue weighted by Crippen LogP contribution is -2.19. The van der Waals surface area contributed by atoms with E-state index in [4.69, 9.17) is 21.7 Å². The van der Waals surface area contributed by atoms with Crippen LogP contribution in [0, 0.1) is 4.77 Å². The summed E-state index contributed by atoms with van der Waals surface area (Å²) in [5.74, 6) is 2.31. The number of nitrogens with zero attached hydrogens (tertiary/aromatic N) is 2. The average Bonchev–Trinajstić information content (AvgIpc) is 2.87. The molecule has 0 radical (unpaired) electrons. The van der Waals surface area contributed by atoms with Gasteiger partial charge in [0.1, 0.15) is 0 Å². The van der Waals surface area contributed by atoms with Crippen molar-refractivity contribution in [2.24, 2.45) is 0 Å². The largest absolute Gasteiger partial charge is 0.493 e. The highest BCUT2D eigenvalue weighted by Crippen LogP contribution is 2.37. The Hall–Kier alpha value is -1.54. The molecule has 0 amide bonds. The summed E-state index contributed by atoms with van der Waals surface area (Å²) in [7, 11) is 1.64. The van der Waals surface area contributed by atoms with Crippen LogP contribution in [0.1, 0.15) is 38.6 Å². The number of ether oxygens (including phenoxy) is 2. The fraction of sp³-hybridized carbons (Fsp3) is 0.500. The Bertz CT molecular complexity index is 742. The lowest BCUT2D eigenvalue weighted by atomic mass is 10.2. The number of aromatic amines is 1. The lowest BCUT2D eigenvalue weighted by Gasteiger charge is -2.19. The first-order valence-corrected chi connectivity index (χ1v) is 9.10. The summed E-state index contributed by atoms with van der Waals surface area (Å²) in [5, 5.41) is 7.09. The van der Waals surface area contributed by atoms with Gasteiger partial charge in [0, 0.05) is 16.5 Å². The van der Waals surface area contributed by atoms with Gasteiger partial charge in [0.05, 0.1) is 19.8 Å². The van der Waals surface area contributed by atoms with Crippen molar-refractivity contribution in [1.82, 2.24) is 14.9 Å². The SMILES string of the molecule is CCCc1n[nH]c(=S)n1NCc1c(Br)ccc(OC)c1OC(C)C. The second-order valence-electron chi connectivity index (χ2n) is 5.59. The van der Waals surface area contributed by atoms with Gasteiger partial charge in [-0.1, -0.05) is 22.9 Å². The maximum Gasteiger partial charge on any atom is 0.214 e. The summed E-state index contributed by atoms with van der Waals surface area (Å²) in [6, 6.07) is 3.84. The monoisotopic (exact) mass is 414 g/mol. The molecular weight excluding hydrogens is 392 g/mol. The van der Waals surface area contributed by atoms with Crippen LogP contribution in [0.2, 0.25) is 0 Å². The standard InChI is InChI=1S/C16H23BrN4O2S/c1-5-6-14-19-20-16(24)21(14)18-9-11-12(17)7-8-13(22-4)15(11)23-10(2)3/h7-8,10,18H,5-6,9H2,1-4H3,(H,20,24). The molecule has 0 bridgehead atoms. The first kappa shape index (κ1) is 18.8. The molecule has 0 spiro atoms. The number of halogens is 1. The lowest BCUT2D eigenvalue weighted by molar-refractivity contribution is 0.227. The fourth-order valence-electron chi connectivity index (χ4n) is 2.31. The molecule has 0 atom stereocenters. The number of H-pyrrole nitrogens is 1. The van der Waals surface area contributed by atoms with Gasteiger partial charge in [-0.3, -0.25) is 5.10 Å². The van der Waals surface area contributed by atoms with Crippen molar-refractivity contribution in [3.63, 3.8) is 0 Å². The van der Waals surface area contributed by atoms with Gasteiger partial charge < -0.3 is 14.9 Å². The minimum absolute atomic E-state index is 0.0405.